The van der Waals surface area contributed by atoms with Crippen molar-refractivity contribution in [3.05, 3.63) is 39.4 Å². The zero-order chi connectivity index (χ0) is 15.7. The van der Waals surface area contributed by atoms with Crippen LogP contribution in [0.3, 0.4) is 0 Å². The maximum absolute atomic E-state index is 13.2. The van der Waals surface area contributed by atoms with Gasteiger partial charge in [-0.05, 0) is 19.9 Å². The summed E-state index contributed by atoms with van der Waals surface area (Å²) in [6.07, 6.45) is 0. The summed E-state index contributed by atoms with van der Waals surface area (Å²) in [7, 11) is 0. The second-order valence-corrected chi connectivity index (χ2v) is 6.21. The van der Waals surface area contributed by atoms with E-state index in [1.807, 2.05) is 0 Å². The number of alkyl halides is 1. The molecule has 110 valence electrons. The number of nitro groups is 1. The molecule has 0 radical (unpaired) electrons. The van der Waals surface area contributed by atoms with Crippen LogP contribution >= 0.6 is 15.9 Å². The van der Waals surface area contributed by atoms with E-state index in [4.69, 9.17) is 0 Å². The Kier molecular flexibility index (Phi) is 4.80. The van der Waals surface area contributed by atoms with Crippen molar-refractivity contribution in [2.45, 2.75) is 31.1 Å². The molecule has 5 nitrogen and oxygen atoms in total. The highest BCUT2D eigenvalue weighted by atomic mass is 79.9. The molecule has 8 heteroatoms. The van der Waals surface area contributed by atoms with Gasteiger partial charge < -0.3 is 5.32 Å². The number of carbonyl (C=O) groups excluding carboxylic acids is 1. The van der Waals surface area contributed by atoms with Crippen LogP contribution in [0.15, 0.2) is 12.1 Å². The normalized spacial score (nSPS) is 12.9. The van der Waals surface area contributed by atoms with E-state index in [0.29, 0.717) is 12.1 Å². The summed E-state index contributed by atoms with van der Waals surface area (Å²) in [6.45, 7) is 5.16. The molecule has 0 aliphatic rings. The van der Waals surface area contributed by atoms with E-state index in [1.165, 1.54) is 0 Å². The summed E-state index contributed by atoms with van der Waals surface area (Å²) in [6, 6.07) is 0.923. The van der Waals surface area contributed by atoms with Crippen molar-refractivity contribution in [1.29, 1.82) is 0 Å². The SMILES string of the molecule is CC(Br)C(C)(C)NC(=O)c1cc(F)c(F)cc1[N+](=O)[O-]. The first-order chi connectivity index (χ1) is 9.06. The highest BCUT2D eigenvalue weighted by Gasteiger charge is 2.30. The zero-order valence-electron chi connectivity index (χ0n) is 11.0. The predicted octanol–water partition coefficient (Wildman–Crippen LogP) is 3.16. The van der Waals surface area contributed by atoms with E-state index in [0.717, 1.165) is 0 Å². The number of rotatable bonds is 4. The monoisotopic (exact) mass is 350 g/mol. The number of carbonyl (C=O) groups is 1. The van der Waals surface area contributed by atoms with Crippen LogP contribution in [-0.2, 0) is 0 Å². The minimum atomic E-state index is -1.37. The molecule has 0 saturated carbocycles. The maximum Gasteiger partial charge on any atom is 0.285 e. The molecule has 1 amide bonds. The summed E-state index contributed by atoms with van der Waals surface area (Å²) in [5, 5.41) is 13.4. The standard InChI is InChI=1S/C12H13BrF2N2O3/c1-6(13)12(2,3)16-11(18)7-4-8(14)9(15)5-10(7)17(19)20/h4-6H,1-3H3,(H,16,18). The van der Waals surface area contributed by atoms with Crippen molar-refractivity contribution in [2.75, 3.05) is 0 Å². The van der Waals surface area contributed by atoms with Crippen molar-refractivity contribution in [2.24, 2.45) is 0 Å². The van der Waals surface area contributed by atoms with Gasteiger partial charge in [-0.3, -0.25) is 14.9 Å². The van der Waals surface area contributed by atoms with Crippen LogP contribution in [0.2, 0.25) is 0 Å². The van der Waals surface area contributed by atoms with Crippen molar-refractivity contribution in [3.63, 3.8) is 0 Å². The highest BCUT2D eigenvalue weighted by Crippen LogP contribution is 2.24. The Morgan fingerprint density at radius 3 is 2.35 bits per heavy atom. The van der Waals surface area contributed by atoms with Gasteiger partial charge in [-0.25, -0.2) is 8.78 Å². The second kappa shape index (κ2) is 5.82. The van der Waals surface area contributed by atoms with E-state index in [-0.39, 0.29) is 4.83 Å². The number of hydrogen-bond donors (Lipinski definition) is 1. The zero-order valence-corrected chi connectivity index (χ0v) is 12.6. The van der Waals surface area contributed by atoms with Crippen molar-refractivity contribution in [1.82, 2.24) is 5.32 Å². The Morgan fingerprint density at radius 2 is 1.90 bits per heavy atom. The van der Waals surface area contributed by atoms with Crippen molar-refractivity contribution in [3.8, 4) is 0 Å². The number of benzene rings is 1. The van der Waals surface area contributed by atoms with Gasteiger partial charge in [-0.15, -0.1) is 0 Å². The smallest absolute Gasteiger partial charge is 0.285 e. The molecule has 0 spiro atoms. The number of halogens is 3. The summed E-state index contributed by atoms with van der Waals surface area (Å²) in [5.74, 6) is -3.53. The molecule has 1 N–H and O–H groups in total. The molecule has 1 rings (SSSR count). The average molecular weight is 351 g/mol. The molecular formula is C12H13BrF2N2O3. The van der Waals surface area contributed by atoms with Crippen LogP contribution in [0, 0.1) is 21.7 Å². The Labute approximate surface area is 122 Å². The van der Waals surface area contributed by atoms with Gasteiger partial charge in [0.15, 0.2) is 11.6 Å². The molecule has 20 heavy (non-hydrogen) atoms. The summed E-state index contributed by atoms with van der Waals surface area (Å²) in [4.78, 5) is 21.8. The number of nitrogens with zero attached hydrogens (tertiary/aromatic N) is 1. The molecule has 1 aromatic carbocycles. The fourth-order valence-corrected chi connectivity index (χ4v) is 1.44. The van der Waals surface area contributed by atoms with E-state index in [2.05, 4.69) is 21.2 Å². The van der Waals surface area contributed by atoms with Crippen LogP contribution in [0.4, 0.5) is 14.5 Å². The molecule has 0 aromatic heterocycles. The van der Waals surface area contributed by atoms with Gasteiger partial charge in [0.25, 0.3) is 11.6 Å². The lowest BCUT2D eigenvalue weighted by atomic mass is 10.0. The van der Waals surface area contributed by atoms with Gasteiger partial charge in [0.2, 0.25) is 0 Å². The van der Waals surface area contributed by atoms with Crippen LogP contribution < -0.4 is 5.32 Å². The molecule has 0 aliphatic carbocycles. The fraction of sp³-hybridized carbons (Fsp3) is 0.417. The van der Waals surface area contributed by atoms with Crippen LogP contribution in [0.1, 0.15) is 31.1 Å². The Balaban J connectivity index is 3.22. The Bertz CT molecular complexity index is 562. The van der Waals surface area contributed by atoms with E-state index < -0.39 is 39.3 Å². The molecule has 1 unspecified atom stereocenters. The molecule has 1 aromatic rings. The first-order valence-electron chi connectivity index (χ1n) is 5.66. The molecule has 0 fully saturated rings. The average Bonchev–Trinajstić information content (AvgIpc) is 2.30. The van der Waals surface area contributed by atoms with Crippen LogP contribution in [0.5, 0.6) is 0 Å². The second-order valence-electron chi connectivity index (χ2n) is 4.83. The van der Waals surface area contributed by atoms with Crippen LogP contribution in [-0.4, -0.2) is 21.2 Å². The number of nitrogens with one attached hydrogen (secondary N) is 1. The summed E-state index contributed by atoms with van der Waals surface area (Å²) < 4.78 is 26.2. The van der Waals surface area contributed by atoms with Crippen molar-refractivity contribution < 1.29 is 18.5 Å². The van der Waals surface area contributed by atoms with Gasteiger partial charge in [-0.1, -0.05) is 22.9 Å². The quantitative estimate of drug-likeness (QED) is 0.515. The third kappa shape index (κ3) is 3.50. The lowest BCUT2D eigenvalue weighted by molar-refractivity contribution is -0.385. The van der Waals surface area contributed by atoms with Crippen molar-refractivity contribution >= 4 is 27.5 Å². The fourth-order valence-electron chi connectivity index (χ4n) is 1.33. The van der Waals surface area contributed by atoms with E-state index in [1.54, 1.807) is 20.8 Å². The topological polar surface area (TPSA) is 72.2 Å². The number of amides is 1. The first-order valence-corrected chi connectivity index (χ1v) is 6.58. The minimum absolute atomic E-state index is 0.136. The molecule has 1 atom stereocenters. The van der Waals surface area contributed by atoms with Gasteiger partial charge in [0, 0.05) is 10.4 Å². The third-order valence-corrected chi connectivity index (χ3v) is 4.05. The van der Waals surface area contributed by atoms with E-state index >= 15 is 0 Å². The number of nitro benzene ring substituents is 1. The third-order valence-electron chi connectivity index (χ3n) is 2.91. The predicted molar refractivity (Wildman–Crippen MR) is 72.9 cm³/mol. The van der Waals surface area contributed by atoms with Gasteiger partial charge in [0.05, 0.1) is 11.0 Å². The van der Waals surface area contributed by atoms with Gasteiger partial charge >= 0.3 is 0 Å². The summed E-state index contributed by atoms with van der Waals surface area (Å²) >= 11 is 3.29. The minimum Gasteiger partial charge on any atom is -0.346 e. The molecule has 0 aliphatic heterocycles. The van der Waals surface area contributed by atoms with Gasteiger partial charge in [-0.2, -0.15) is 0 Å². The number of hydrogen-bond acceptors (Lipinski definition) is 3. The molecule has 0 heterocycles. The van der Waals surface area contributed by atoms with Crippen LogP contribution in [0.25, 0.3) is 0 Å². The first kappa shape index (κ1) is 16.5. The van der Waals surface area contributed by atoms with E-state index in [9.17, 15) is 23.7 Å². The highest BCUT2D eigenvalue weighted by molar-refractivity contribution is 9.09. The molecular weight excluding hydrogens is 338 g/mol. The Hall–Kier alpha value is -1.57. The molecule has 0 bridgehead atoms. The lowest BCUT2D eigenvalue weighted by Crippen LogP contribution is -2.49. The van der Waals surface area contributed by atoms with Gasteiger partial charge in [0.1, 0.15) is 5.56 Å². The molecule has 0 saturated heterocycles. The Morgan fingerprint density at radius 1 is 1.40 bits per heavy atom. The maximum atomic E-state index is 13.2. The largest absolute Gasteiger partial charge is 0.346 e. The summed E-state index contributed by atoms with van der Waals surface area (Å²) in [5.41, 5.74) is -2.02. The lowest BCUT2D eigenvalue weighted by Gasteiger charge is -2.29.